The van der Waals surface area contributed by atoms with Crippen molar-refractivity contribution in [3.8, 4) is 11.5 Å². The SMILES string of the molecule is CC(NC(=O)c1ccc(O)c(O)c1)c1cn[nH]c1. The average molecular weight is 247 g/mol. The van der Waals surface area contributed by atoms with Crippen molar-refractivity contribution in [1.29, 1.82) is 0 Å². The minimum atomic E-state index is -0.334. The number of carbonyl (C=O) groups excluding carboxylic acids is 1. The maximum absolute atomic E-state index is 11.9. The van der Waals surface area contributed by atoms with Crippen LogP contribution >= 0.6 is 0 Å². The second-order valence-electron chi connectivity index (χ2n) is 3.93. The van der Waals surface area contributed by atoms with Gasteiger partial charge in [0.15, 0.2) is 11.5 Å². The number of nitrogens with zero attached hydrogens (tertiary/aromatic N) is 1. The molecule has 1 heterocycles. The molecule has 0 bridgehead atoms. The van der Waals surface area contributed by atoms with Crippen molar-refractivity contribution in [2.45, 2.75) is 13.0 Å². The van der Waals surface area contributed by atoms with E-state index in [2.05, 4.69) is 15.5 Å². The molecule has 1 atom stereocenters. The summed E-state index contributed by atoms with van der Waals surface area (Å²) in [5, 5.41) is 27.7. The van der Waals surface area contributed by atoms with Crippen LogP contribution in [0, 0.1) is 0 Å². The van der Waals surface area contributed by atoms with Crippen LogP contribution in [0.3, 0.4) is 0 Å². The molecule has 0 saturated heterocycles. The molecule has 94 valence electrons. The highest BCUT2D eigenvalue weighted by Gasteiger charge is 2.13. The van der Waals surface area contributed by atoms with Crippen molar-refractivity contribution in [1.82, 2.24) is 15.5 Å². The number of aromatic hydroxyl groups is 2. The molecule has 0 radical (unpaired) electrons. The van der Waals surface area contributed by atoms with Crippen molar-refractivity contribution in [2.75, 3.05) is 0 Å². The van der Waals surface area contributed by atoms with Gasteiger partial charge in [-0.15, -0.1) is 0 Å². The van der Waals surface area contributed by atoms with Gasteiger partial charge in [-0.3, -0.25) is 9.89 Å². The van der Waals surface area contributed by atoms with E-state index in [9.17, 15) is 9.90 Å². The highest BCUT2D eigenvalue weighted by atomic mass is 16.3. The lowest BCUT2D eigenvalue weighted by molar-refractivity contribution is 0.0939. The second-order valence-corrected chi connectivity index (χ2v) is 3.93. The molecule has 1 unspecified atom stereocenters. The first-order valence-electron chi connectivity index (χ1n) is 5.39. The number of phenolic OH excluding ortho intramolecular Hbond substituents is 2. The third kappa shape index (κ3) is 2.42. The Morgan fingerprint density at radius 3 is 2.78 bits per heavy atom. The lowest BCUT2D eigenvalue weighted by Crippen LogP contribution is -2.26. The Morgan fingerprint density at radius 2 is 2.17 bits per heavy atom. The summed E-state index contributed by atoms with van der Waals surface area (Å²) >= 11 is 0. The van der Waals surface area contributed by atoms with E-state index in [1.807, 2.05) is 6.92 Å². The van der Waals surface area contributed by atoms with E-state index in [0.717, 1.165) is 5.56 Å². The monoisotopic (exact) mass is 247 g/mol. The Bertz CT molecular complexity index is 552. The fourth-order valence-electron chi connectivity index (χ4n) is 1.53. The minimum absolute atomic E-state index is 0.202. The Morgan fingerprint density at radius 1 is 1.39 bits per heavy atom. The molecule has 6 nitrogen and oxygen atoms in total. The number of carbonyl (C=O) groups is 1. The fraction of sp³-hybridized carbons (Fsp3) is 0.167. The minimum Gasteiger partial charge on any atom is -0.504 e. The molecule has 0 saturated carbocycles. The number of amides is 1. The van der Waals surface area contributed by atoms with Crippen LogP contribution in [-0.2, 0) is 0 Å². The highest BCUT2D eigenvalue weighted by Crippen LogP contribution is 2.25. The lowest BCUT2D eigenvalue weighted by Gasteiger charge is -2.12. The van der Waals surface area contributed by atoms with E-state index >= 15 is 0 Å². The average Bonchev–Trinajstić information content (AvgIpc) is 2.86. The van der Waals surface area contributed by atoms with E-state index in [1.165, 1.54) is 18.2 Å². The highest BCUT2D eigenvalue weighted by molar-refractivity contribution is 5.95. The number of phenols is 2. The standard InChI is InChI=1S/C12H13N3O3/c1-7(9-5-13-14-6-9)15-12(18)8-2-3-10(16)11(17)4-8/h2-7,16-17H,1H3,(H,13,14)(H,15,18). The number of benzene rings is 1. The van der Waals surface area contributed by atoms with Crippen molar-refractivity contribution >= 4 is 5.91 Å². The number of rotatable bonds is 3. The van der Waals surface area contributed by atoms with Crippen LogP contribution in [0.4, 0.5) is 0 Å². The smallest absolute Gasteiger partial charge is 0.251 e. The number of hydrogen-bond donors (Lipinski definition) is 4. The van der Waals surface area contributed by atoms with Crippen molar-refractivity contribution in [2.24, 2.45) is 0 Å². The predicted molar refractivity (Wildman–Crippen MR) is 64.2 cm³/mol. The van der Waals surface area contributed by atoms with E-state index in [4.69, 9.17) is 5.11 Å². The zero-order chi connectivity index (χ0) is 13.1. The Balaban J connectivity index is 2.10. The van der Waals surface area contributed by atoms with Crippen LogP contribution < -0.4 is 5.32 Å². The van der Waals surface area contributed by atoms with Gasteiger partial charge in [-0.25, -0.2) is 0 Å². The molecule has 1 aromatic carbocycles. The van der Waals surface area contributed by atoms with Gasteiger partial charge in [0.2, 0.25) is 0 Å². The molecule has 2 aromatic rings. The molecule has 1 amide bonds. The molecule has 1 aromatic heterocycles. The molecule has 0 aliphatic carbocycles. The van der Waals surface area contributed by atoms with Crippen LogP contribution in [0.5, 0.6) is 11.5 Å². The van der Waals surface area contributed by atoms with Gasteiger partial charge in [-0.05, 0) is 25.1 Å². The molecule has 0 aliphatic heterocycles. The van der Waals surface area contributed by atoms with Gasteiger partial charge >= 0.3 is 0 Å². The third-order valence-corrected chi connectivity index (χ3v) is 2.60. The van der Waals surface area contributed by atoms with E-state index < -0.39 is 0 Å². The summed E-state index contributed by atoms with van der Waals surface area (Å²) in [7, 11) is 0. The molecule has 2 rings (SSSR count). The van der Waals surface area contributed by atoms with Crippen LogP contribution in [0.15, 0.2) is 30.6 Å². The first-order valence-corrected chi connectivity index (χ1v) is 5.39. The predicted octanol–water partition coefficient (Wildman–Crippen LogP) is 1.31. The Hall–Kier alpha value is -2.50. The van der Waals surface area contributed by atoms with Gasteiger partial charge in [-0.2, -0.15) is 5.10 Å². The summed E-state index contributed by atoms with van der Waals surface area (Å²) in [6.45, 7) is 1.82. The van der Waals surface area contributed by atoms with Crippen molar-refractivity contribution in [3.63, 3.8) is 0 Å². The van der Waals surface area contributed by atoms with Gasteiger partial charge in [0, 0.05) is 17.3 Å². The molecule has 0 fully saturated rings. The molecule has 0 aliphatic rings. The van der Waals surface area contributed by atoms with Gasteiger partial charge in [0.25, 0.3) is 5.91 Å². The summed E-state index contributed by atoms with van der Waals surface area (Å²) in [6.07, 6.45) is 3.32. The van der Waals surface area contributed by atoms with Crippen LogP contribution in [0.1, 0.15) is 28.9 Å². The molecule has 6 heteroatoms. The number of hydrogen-bond acceptors (Lipinski definition) is 4. The molecule has 0 spiro atoms. The van der Waals surface area contributed by atoms with Gasteiger partial charge in [0.05, 0.1) is 12.2 Å². The van der Waals surface area contributed by atoms with E-state index in [1.54, 1.807) is 12.4 Å². The van der Waals surface area contributed by atoms with Crippen molar-refractivity contribution in [3.05, 3.63) is 41.7 Å². The number of nitrogens with one attached hydrogen (secondary N) is 2. The quantitative estimate of drug-likeness (QED) is 0.614. The number of aromatic nitrogens is 2. The van der Waals surface area contributed by atoms with Gasteiger partial charge in [0.1, 0.15) is 0 Å². The van der Waals surface area contributed by atoms with Crippen LogP contribution in [0.2, 0.25) is 0 Å². The summed E-state index contributed by atoms with van der Waals surface area (Å²) in [6, 6.07) is 3.72. The second kappa shape index (κ2) is 4.79. The maximum atomic E-state index is 11.9. The maximum Gasteiger partial charge on any atom is 0.251 e. The third-order valence-electron chi connectivity index (χ3n) is 2.60. The normalized spacial score (nSPS) is 12.1. The van der Waals surface area contributed by atoms with Crippen LogP contribution in [0.25, 0.3) is 0 Å². The summed E-state index contributed by atoms with van der Waals surface area (Å²) in [5.41, 5.74) is 1.13. The Kier molecular flexibility index (Phi) is 3.18. The van der Waals surface area contributed by atoms with Gasteiger partial charge in [-0.1, -0.05) is 0 Å². The number of H-pyrrole nitrogens is 1. The van der Waals surface area contributed by atoms with Crippen LogP contribution in [-0.4, -0.2) is 26.3 Å². The van der Waals surface area contributed by atoms with Crippen molar-refractivity contribution < 1.29 is 15.0 Å². The molecular formula is C12H13N3O3. The fourth-order valence-corrected chi connectivity index (χ4v) is 1.53. The molecule has 18 heavy (non-hydrogen) atoms. The van der Waals surface area contributed by atoms with E-state index in [-0.39, 0.29) is 29.0 Å². The Labute approximate surface area is 103 Å². The topological polar surface area (TPSA) is 98.2 Å². The zero-order valence-electron chi connectivity index (χ0n) is 9.71. The first-order chi connectivity index (χ1) is 8.58. The largest absolute Gasteiger partial charge is 0.504 e. The summed E-state index contributed by atoms with van der Waals surface area (Å²) in [5.74, 6) is -0.910. The summed E-state index contributed by atoms with van der Waals surface area (Å²) in [4.78, 5) is 11.9. The molecule has 4 N–H and O–H groups in total. The lowest BCUT2D eigenvalue weighted by atomic mass is 10.1. The summed E-state index contributed by atoms with van der Waals surface area (Å²) < 4.78 is 0. The number of aromatic amines is 1. The molecular weight excluding hydrogens is 234 g/mol. The van der Waals surface area contributed by atoms with E-state index in [0.29, 0.717) is 0 Å². The zero-order valence-corrected chi connectivity index (χ0v) is 9.71. The first kappa shape index (κ1) is 12.0. The van der Waals surface area contributed by atoms with Gasteiger partial charge < -0.3 is 15.5 Å².